The van der Waals surface area contributed by atoms with Crippen LogP contribution in [0.4, 0.5) is 11.4 Å². The van der Waals surface area contributed by atoms with Crippen molar-refractivity contribution in [3.63, 3.8) is 0 Å². The molecule has 3 rings (SSSR count). The first-order valence-corrected chi connectivity index (χ1v) is 7.77. The van der Waals surface area contributed by atoms with Crippen molar-refractivity contribution in [3.8, 4) is 17.2 Å². The SMILES string of the molecule is COc1ccc(NC(=O)C(C)Nc2ccc3c(c2)OCCO3)cc1. The summed E-state index contributed by atoms with van der Waals surface area (Å²) in [5, 5.41) is 6.02. The van der Waals surface area contributed by atoms with Crippen LogP contribution in [-0.2, 0) is 4.79 Å². The second kappa shape index (κ2) is 7.12. The highest BCUT2D eigenvalue weighted by Gasteiger charge is 2.16. The van der Waals surface area contributed by atoms with Crippen LogP contribution in [0.15, 0.2) is 42.5 Å². The van der Waals surface area contributed by atoms with Gasteiger partial charge in [-0.15, -0.1) is 0 Å². The number of benzene rings is 2. The van der Waals surface area contributed by atoms with Crippen LogP contribution in [0.3, 0.4) is 0 Å². The molecule has 2 aromatic carbocycles. The number of ether oxygens (including phenoxy) is 3. The van der Waals surface area contributed by atoms with Crippen LogP contribution in [-0.4, -0.2) is 32.3 Å². The topological polar surface area (TPSA) is 68.8 Å². The lowest BCUT2D eigenvalue weighted by atomic mass is 10.2. The largest absolute Gasteiger partial charge is 0.497 e. The van der Waals surface area contributed by atoms with Crippen molar-refractivity contribution in [2.75, 3.05) is 31.0 Å². The van der Waals surface area contributed by atoms with Crippen molar-refractivity contribution >= 4 is 17.3 Å². The van der Waals surface area contributed by atoms with E-state index in [1.165, 1.54) is 0 Å². The van der Waals surface area contributed by atoms with E-state index in [0.717, 1.165) is 22.9 Å². The van der Waals surface area contributed by atoms with E-state index in [0.29, 0.717) is 19.0 Å². The fourth-order valence-corrected chi connectivity index (χ4v) is 2.37. The van der Waals surface area contributed by atoms with Gasteiger partial charge < -0.3 is 24.8 Å². The lowest BCUT2D eigenvalue weighted by Crippen LogP contribution is -2.31. The van der Waals surface area contributed by atoms with Gasteiger partial charge in [0.05, 0.1) is 7.11 Å². The molecule has 0 bridgehead atoms. The van der Waals surface area contributed by atoms with Crippen molar-refractivity contribution in [2.24, 2.45) is 0 Å². The highest BCUT2D eigenvalue weighted by molar-refractivity contribution is 5.96. The third-order valence-electron chi connectivity index (χ3n) is 3.68. The van der Waals surface area contributed by atoms with Gasteiger partial charge in [-0.3, -0.25) is 4.79 Å². The molecule has 1 atom stereocenters. The summed E-state index contributed by atoms with van der Waals surface area (Å²) in [5.41, 5.74) is 1.52. The van der Waals surface area contributed by atoms with Gasteiger partial charge in [0.25, 0.3) is 0 Å². The van der Waals surface area contributed by atoms with Gasteiger partial charge >= 0.3 is 0 Å². The second-order valence-corrected chi connectivity index (χ2v) is 5.44. The fourth-order valence-electron chi connectivity index (χ4n) is 2.37. The number of hydrogen-bond acceptors (Lipinski definition) is 5. The first-order chi connectivity index (χ1) is 11.7. The normalized spacial score (nSPS) is 13.8. The Morgan fingerprint density at radius 3 is 2.42 bits per heavy atom. The van der Waals surface area contributed by atoms with Crippen LogP contribution >= 0.6 is 0 Å². The fraction of sp³-hybridized carbons (Fsp3) is 0.278. The number of amides is 1. The Hall–Kier alpha value is -2.89. The Kier molecular flexibility index (Phi) is 4.74. The third-order valence-corrected chi connectivity index (χ3v) is 3.68. The highest BCUT2D eigenvalue weighted by Crippen LogP contribution is 2.32. The zero-order valence-corrected chi connectivity index (χ0v) is 13.7. The first-order valence-electron chi connectivity index (χ1n) is 7.77. The second-order valence-electron chi connectivity index (χ2n) is 5.44. The maximum absolute atomic E-state index is 12.3. The average Bonchev–Trinajstić information content (AvgIpc) is 2.62. The van der Waals surface area contributed by atoms with E-state index >= 15 is 0 Å². The van der Waals surface area contributed by atoms with Gasteiger partial charge in [0.1, 0.15) is 25.0 Å². The number of carbonyl (C=O) groups excluding carboxylic acids is 1. The molecular weight excluding hydrogens is 308 g/mol. The van der Waals surface area contributed by atoms with Crippen molar-refractivity contribution < 1.29 is 19.0 Å². The Morgan fingerprint density at radius 1 is 1.04 bits per heavy atom. The summed E-state index contributed by atoms with van der Waals surface area (Å²) >= 11 is 0. The molecule has 24 heavy (non-hydrogen) atoms. The van der Waals surface area contributed by atoms with E-state index in [1.807, 2.05) is 18.2 Å². The summed E-state index contributed by atoms with van der Waals surface area (Å²) in [7, 11) is 1.60. The summed E-state index contributed by atoms with van der Waals surface area (Å²) in [4.78, 5) is 12.3. The maximum Gasteiger partial charge on any atom is 0.246 e. The Balaban J connectivity index is 1.61. The van der Waals surface area contributed by atoms with E-state index in [4.69, 9.17) is 14.2 Å². The number of anilines is 2. The molecule has 6 heteroatoms. The number of rotatable bonds is 5. The molecule has 0 saturated carbocycles. The Labute approximate surface area is 140 Å². The number of methoxy groups -OCH3 is 1. The van der Waals surface area contributed by atoms with Crippen molar-refractivity contribution in [1.29, 1.82) is 0 Å². The van der Waals surface area contributed by atoms with Crippen LogP contribution in [0.1, 0.15) is 6.92 Å². The molecule has 1 amide bonds. The highest BCUT2D eigenvalue weighted by atomic mass is 16.6. The number of fused-ring (bicyclic) bond motifs is 1. The zero-order valence-electron chi connectivity index (χ0n) is 13.7. The number of hydrogen-bond donors (Lipinski definition) is 2. The lowest BCUT2D eigenvalue weighted by Gasteiger charge is -2.20. The first kappa shape index (κ1) is 16.0. The van der Waals surface area contributed by atoms with Gasteiger partial charge in [0.2, 0.25) is 5.91 Å². The van der Waals surface area contributed by atoms with Gasteiger partial charge in [-0.2, -0.15) is 0 Å². The predicted molar refractivity (Wildman–Crippen MR) is 92.1 cm³/mol. The smallest absolute Gasteiger partial charge is 0.246 e. The van der Waals surface area contributed by atoms with Crippen LogP contribution in [0.25, 0.3) is 0 Å². The minimum absolute atomic E-state index is 0.130. The molecule has 0 radical (unpaired) electrons. The maximum atomic E-state index is 12.3. The molecule has 0 saturated heterocycles. The predicted octanol–water partition coefficient (Wildman–Crippen LogP) is 2.91. The molecule has 6 nitrogen and oxygen atoms in total. The van der Waals surface area contributed by atoms with E-state index in [9.17, 15) is 4.79 Å². The Morgan fingerprint density at radius 2 is 1.71 bits per heavy atom. The van der Waals surface area contributed by atoms with Gasteiger partial charge in [0.15, 0.2) is 11.5 Å². The van der Waals surface area contributed by atoms with E-state index < -0.39 is 6.04 Å². The van der Waals surface area contributed by atoms with Crippen LogP contribution in [0, 0.1) is 0 Å². The van der Waals surface area contributed by atoms with Crippen LogP contribution in [0.2, 0.25) is 0 Å². The summed E-state index contributed by atoms with van der Waals surface area (Å²) in [6, 6.07) is 12.3. The average molecular weight is 328 g/mol. The van der Waals surface area contributed by atoms with Crippen molar-refractivity contribution in [1.82, 2.24) is 0 Å². The van der Waals surface area contributed by atoms with E-state index in [2.05, 4.69) is 10.6 Å². The van der Waals surface area contributed by atoms with Crippen molar-refractivity contribution in [2.45, 2.75) is 13.0 Å². The monoisotopic (exact) mass is 328 g/mol. The molecule has 2 N–H and O–H groups in total. The molecule has 2 aromatic rings. The zero-order chi connectivity index (χ0) is 16.9. The minimum Gasteiger partial charge on any atom is -0.497 e. The molecule has 0 aliphatic carbocycles. The third kappa shape index (κ3) is 3.71. The van der Waals surface area contributed by atoms with Gasteiger partial charge in [-0.25, -0.2) is 0 Å². The molecule has 0 spiro atoms. The molecule has 1 heterocycles. The number of carbonyl (C=O) groups is 1. The number of nitrogens with one attached hydrogen (secondary N) is 2. The lowest BCUT2D eigenvalue weighted by molar-refractivity contribution is -0.116. The molecule has 1 aliphatic heterocycles. The Bertz CT molecular complexity index is 715. The van der Waals surface area contributed by atoms with Gasteiger partial charge in [0, 0.05) is 17.4 Å². The van der Waals surface area contributed by atoms with Gasteiger partial charge in [-0.05, 0) is 43.3 Å². The van der Waals surface area contributed by atoms with E-state index in [1.54, 1.807) is 38.3 Å². The molecule has 0 fully saturated rings. The molecule has 1 unspecified atom stereocenters. The standard InChI is InChI=1S/C18H20N2O4/c1-12(18(21)20-13-3-6-15(22-2)7-4-13)19-14-5-8-16-17(11-14)24-10-9-23-16/h3-8,11-12,19H,9-10H2,1-2H3,(H,20,21). The summed E-state index contributed by atoms with van der Waals surface area (Å²) < 4.78 is 16.1. The molecule has 1 aliphatic rings. The van der Waals surface area contributed by atoms with Crippen molar-refractivity contribution in [3.05, 3.63) is 42.5 Å². The molecule has 0 aromatic heterocycles. The summed E-state index contributed by atoms with van der Waals surface area (Å²) in [6.45, 7) is 2.89. The molecule has 126 valence electrons. The minimum atomic E-state index is -0.408. The van der Waals surface area contributed by atoms with Crippen LogP contribution < -0.4 is 24.8 Å². The van der Waals surface area contributed by atoms with Gasteiger partial charge in [-0.1, -0.05) is 0 Å². The summed E-state index contributed by atoms with van der Waals surface area (Å²) in [5.74, 6) is 2.03. The molecular formula is C18H20N2O4. The van der Waals surface area contributed by atoms with Crippen LogP contribution in [0.5, 0.6) is 17.2 Å². The quantitative estimate of drug-likeness (QED) is 0.883. The van der Waals surface area contributed by atoms with E-state index in [-0.39, 0.29) is 5.91 Å². The summed E-state index contributed by atoms with van der Waals surface area (Å²) in [6.07, 6.45) is 0.